The topological polar surface area (TPSA) is 78.1 Å². The molecule has 6 heteroatoms. The maximum Gasteiger partial charge on any atom is 0.268 e. The van der Waals surface area contributed by atoms with Gasteiger partial charge in [0.25, 0.3) is 5.91 Å². The number of amides is 1. The van der Waals surface area contributed by atoms with Crippen molar-refractivity contribution in [1.82, 2.24) is 15.3 Å². The fourth-order valence-electron chi connectivity index (χ4n) is 3.38. The molecule has 2 N–H and O–H groups in total. The van der Waals surface area contributed by atoms with Crippen LogP contribution in [0.4, 0.5) is 5.82 Å². The zero-order valence-electron chi connectivity index (χ0n) is 14.3. The molecular formula is C20H20N4O2. The van der Waals surface area contributed by atoms with E-state index in [1.807, 2.05) is 30.3 Å². The fraction of sp³-hybridized carbons (Fsp3) is 0.250. The van der Waals surface area contributed by atoms with Crippen LogP contribution in [-0.2, 0) is 0 Å². The molecule has 3 aromatic rings. The Kier molecular flexibility index (Phi) is 4.39. The number of nitrogens with one attached hydrogen (secondary N) is 2. The third kappa shape index (κ3) is 3.31. The van der Waals surface area contributed by atoms with Crippen molar-refractivity contribution in [2.75, 3.05) is 18.0 Å². The van der Waals surface area contributed by atoms with Crippen LogP contribution in [0.15, 0.2) is 59.5 Å². The lowest BCUT2D eigenvalue weighted by atomic mass is 10.0. The lowest BCUT2D eigenvalue weighted by Crippen LogP contribution is -2.45. The number of anilines is 1. The summed E-state index contributed by atoms with van der Waals surface area (Å²) in [5, 5.41) is 3.63. The number of hydrogen-bond acceptors (Lipinski definition) is 4. The van der Waals surface area contributed by atoms with Gasteiger partial charge in [-0.3, -0.25) is 9.59 Å². The maximum absolute atomic E-state index is 12.6. The van der Waals surface area contributed by atoms with Crippen molar-refractivity contribution in [3.05, 3.63) is 70.6 Å². The fourth-order valence-corrected chi connectivity index (χ4v) is 3.38. The van der Waals surface area contributed by atoms with Gasteiger partial charge in [-0.15, -0.1) is 0 Å². The van der Waals surface area contributed by atoms with Crippen molar-refractivity contribution in [2.24, 2.45) is 0 Å². The van der Waals surface area contributed by atoms with Crippen molar-refractivity contribution >= 4 is 22.6 Å². The minimum atomic E-state index is -0.232. The van der Waals surface area contributed by atoms with E-state index >= 15 is 0 Å². The summed E-state index contributed by atoms with van der Waals surface area (Å²) >= 11 is 0. The molecule has 132 valence electrons. The second kappa shape index (κ2) is 7.00. The Morgan fingerprint density at radius 2 is 1.88 bits per heavy atom. The maximum atomic E-state index is 12.6. The second-order valence-corrected chi connectivity index (χ2v) is 6.52. The number of carbonyl (C=O) groups is 1. The number of H-pyrrole nitrogens is 1. The van der Waals surface area contributed by atoms with Crippen LogP contribution in [0, 0.1) is 0 Å². The average Bonchev–Trinajstić information content (AvgIpc) is 2.69. The van der Waals surface area contributed by atoms with Crippen LogP contribution in [0.5, 0.6) is 0 Å². The van der Waals surface area contributed by atoms with Crippen molar-refractivity contribution in [2.45, 2.75) is 18.9 Å². The number of piperidine rings is 1. The molecule has 6 nitrogen and oxygen atoms in total. The van der Waals surface area contributed by atoms with Gasteiger partial charge in [0, 0.05) is 42.3 Å². The van der Waals surface area contributed by atoms with E-state index in [2.05, 4.69) is 20.2 Å². The first-order valence-electron chi connectivity index (χ1n) is 8.79. The van der Waals surface area contributed by atoms with E-state index in [4.69, 9.17) is 0 Å². The Bertz CT molecular complexity index is 976. The number of pyridine rings is 2. The van der Waals surface area contributed by atoms with Crippen LogP contribution in [0.2, 0.25) is 0 Å². The van der Waals surface area contributed by atoms with E-state index < -0.39 is 0 Å². The molecule has 0 aliphatic carbocycles. The van der Waals surface area contributed by atoms with Crippen LogP contribution in [0.1, 0.15) is 23.3 Å². The summed E-state index contributed by atoms with van der Waals surface area (Å²) in [6.45, 7) is 1.69. The lowest BCUT2D eigenvalue weighted by Gasteiger charge is -2.33. The Hall–Kier alpha value is -3.15. The van der Waals surface area contributed by atoms with Gasteiger partial charge in [0.15, 0.2) is 5.43 Å². The van der Waals surface area contributed by atoms with Gasteiger partial charge in [-0.1, -0.05) is 18.2 Å². The van der Waals surface area contributed by atoms with Gasteiger partial charge in [-0.25, -0.2) is 4.98 Å². The number of para-hydroxylation sites is 1. The van der Waals surface area contributed by atoms with E-state index in [1.165, 1.54) is 6.07 Å². The molecule has 26 heavy (non-hydrogen) atoms. The van der Waals surface area contributed by atoms with E-state index in [1.54, 1.807) is 18.3 Å². The molecule has 1 aromatic carbocycles. The molecule has 3 heterocycles. The number of nitrogens with zero attached hydrogens (tertiary/aromatic N) is 2. The van der Waals surface area contributed by atoms with Crippen molar-refractivity contribution in [3.8, 4) is 0 Å². The Labute approximate surface area is 150 Å². The van der Waals surface area contributed by atoms with E-state index in [0.29, 0.717) is 16.6 Å². The first-order chi connectivity index (χ1) is 12.7. The molecule has 1 aliphatic rings. The van der Waals surface area contributed by atoms with Gasteiger partial charge in [-0.2, -0.15) is 0 Å². The van der Waals surface area contributed by atoms with Crippen molar-refractivity contribution in [1.29, 1.82) is 0 Å². The van der Waals surface area contributed by atoms with E-state index in [-0.39, 0.29) is 17.4 Å². The highest BCUT2D eigenvalue weighted by Crippen LogP contribution is 2.17. The zero-order valence-corrected chi connectivity index (χ0v) is 14.3. The highest BCUT2D eigenvalue weighted by molar-refractivity contribution is 5.95. The number of aromatic nitrogens is 2. The van der Waals surface area contributed by atoms with Gasteiger partial charge in [0.2, 0.25) is 0 Å². The summed E-state index contributed by atoms with van der Waals surface area (Å²) in [6, 6.07) is 14.6. The molecule has 0 spiro atoms. The van der Waals surface area contributed by atoms with Crippen LogP contribution >= 0.6 is 0 Å². The van der Waals surface area contributed by atoms with Gasteiger partial charge in [0.1, 0.15) is 11.5 Å². The third-order valence-corrected chi connectivity index (χ3v) is 4.79. The van der Waals surface area contributed by atoms with Crippen LogP contribution in [0.25, 0.3) is 10.9 Å². The molecule has 4 rings (SSSR count). The highest BCUT2D eigenvalue weighted by atomic mass is 16.2. The number of carbonyl (C=O) groups excluding carboxylic acids is 1. The number of hydrogen-bond donors (Lipinski definition) is 2. The van der Waals surface area contributed by atoms with Gasteiger partial charge in [-0.05, 0) is 37.1 Å². The normalized spacial score (nSPS) is 15.2. The lowest BCUT2D eigenvalue weighted by molar-refractivity contribution is 0.0926. The number of aromatic amines is 1. The quantitative estimate of drug-likeness (QED) is 0.761. The molecule has 1 fully saturated rings. The van der Waals surface area contributed by atoms with Gasteiger partial charge >= 0.3 is 0 Å². The molecule has 1 saturated heterocycles. The Morgan fingerprint density at radius 3 is 2.65 bits per heavy atom. The predicted molar refractivity (Wildman–Crippen MR) is 102 cm³/mol. The van der Waals surface area contributed by atoms with Gasteiger partial charge in [0.05, 0.1) is 0 Å². The monoisotopic (exact) mass is 348 g/mol. The summed E-state index contributed by atoms with van der Waals surface area (Å²) < 4.78 is 0. The van der Waals surface area contributed by atoms with E-state index in [0.717, 1.165) is 31.7 Å². The van der Waals surface area contributed by atoms with Crippen molar-refractivity contribution in [3.63, 3.8) is 0 Å². The van der Waals surface area contributed by atoms with E-state index in [9.17, 15) is 9.59 Å². The van der Waals surface area contributed by atoms with Crippen molar-refractivity contribution < 1.29 is 4.79 Å². The molecular weight excluding hydrogens is 328 g/mol. The zero-order chi connectivity index (χ0) is 17.9. The molecule has 0 saturated carbocycles. The summed E-state index contributed by atoms with van der Waals surface area (Å²) in [5.41, 5.74) is 0.838. The van der Waals surface area contributed by atoms with Gasteiger partial charge < -0.3 is 15.2 Å². The minimum Gasteiger partial charge on any atom is -0.356 e. The highest BCUT2D eigenvalue weighted by Gasteiger charge is 2.22. The molecule has 0 unspecified atom stereocenters. The molecule has 2 aromatic heterocycles. The summed E-state index contributed by atoms with van der Waals surface area (Å²) in [6.07, 6.45) is 3.49. The summed E-state index contributed by atoms with van der Waals surface area (Å²) in [4.78, 5) is 34.4. The average molecular weight is 348 g/mol. The predicted octanol–water partition coefficient (Wildman–Crippen LogP) is 2.32. The molecule has 1 amide bonds. The number of benzene rings is 1. The first-order valence-corrected chi connectivity index (χ1v) is 8.79. The SMILES string of the molecule is O=C(NC1CCN(c2ccccn2)CC1)c1cc(=O)c2ccccc2[nH]1. The Morgan fingerprint density at radius 1 is 1.12 bits per heavy atom. The minimum absolute atomic E-state index is 0.0948. The number of rotatable bonds is 3. The van der Waals surface area contributed by atoms with Crippen LogP contribution in [-0.4, -0.2) is 35.0 Å². The second-order valence-electron chi connectivity index (χ2n) is 6.52. The smallest absolute Gasteiger partial charge is 0.268 e. The summed E-state index contributed by atoms with van der Waals surface area (Å²) in [7, 11) is 0. The van der Waals surface area contributed by atoms with Crippen LogP contribution < -0.4 is 15.6 Å². The first kappa shape index (κ1) is 16.3. The molecule has 0 radical (unpaired) electrons. The third-order valence-electron chi connectivity index (χ3n) is 4.79. The number of fused-ring (bicyclic) bond motifs is 1. The summed E-state index contributed by atoms with van der Waals surface area (Å²) in [5.74, 6) is 0.736. The molecule has 0 bridgehead atoms. The standard InChI is InChI=1S/C20H20N4O2/c25-18-13-17(23-16-6-2-1-5-15(16)18)20(26)22-14-8-11-24(12-9-14)19-7-3-4-10-21-19/h1-7,10,13-14H,8-9,11-12H2,(H,22,26)(H,23,25). The largest absolute Gasteiger partial charge is 0.356 e. The van der Waals surface area contributed by atoms with Crippen LogP contribution in [0.3, 0.4) is 0 Å². The molecule has 1 aliphatic heterocycles. The molecule has 0 atom stereocenters. The Balaban J connectivity index is 1.42.